The lowest BCUT2D eigenvalue weighted by molar-refractivity contribution is 0.400. The van der Waals surface area contributed by atoms with Gasteiger partial charge < -0.3 is 15.8 Å². The fourth-order valence-electron chi connectivity index (χ4n) is 1.19. The van der Waals surface area contributed by atoms with E-state index in [-0.39, 0.29) is 0 Å². The Labute approximate surface area is 77.1 Å². The van der Waals surface area contributed by atoms with Crippen LogP contribution in [-0.4, -0.2) is 18.1 Å². The molecule has 3 N–H and O–H groups in total. The Kier molecular flexibility index (Phi) is 1.96. The van der Waals surface area contributed by atoms with Crippen LogP contribution in [0.3, 0.4) is 0 Å². The summed E-state index contributed by atoms with van der Waals surface area (Å²) >= 11 is 0. The topological polar surface area (TPSA) is 60.2 Å². The van der Waals surface area contributed by atoms with Crippen LogP contribution in [0.15, 0.2) is 12.3 Å². The number of methoxy groups -OCH3 is 1. The summed E-state index contributed by atoms with van der Waals surface area (Å²) in [6.07, 6.45) is 4.15. The summed E-state index contributed by atoms with van der Waals surface area (Å²) in [4.78, 5) is 4.00. The van der Waals surface area contributed by atoms with Crippen molar-refractivity contribution >= 4 is 11.4 Å². The Balaban J connectivity index is 2.22. The summed E-state index contributed by atoms with van der Waals surface area (Å²) in [6.45, 7) is 0. The molecule has 0 aliphatic heterocycles. The average molecular weight is 179 g/mol. The molecular weight excluding hydrogens is 166 g/mol. The molecule has 1 aliphatic rings. The zero-order valence-electron chi connectivity index (χ0n) is 7.58. The summed E-state index contributed by atoms with van der Waals surface area (Å²) in [6, 6.07) is 2.46. The molecule has 1 aromatic rings. The number of rotatable bonds is 3. The molecule has 4 heteroatoms. The Morgan fingerprint density at radius 2 is 2.38 bits per heavy atom. The Morgan fingerprint density at radius 3 is 3.00 bits per heavy atom. The maximum atomic E-state index is 5.82. The molecule has 1 aromatic heterocycles. The number of nitrogen functional groups attached to an aromatic ring is 1. The fraction of sp³-hybridized carbons (Fsp3) is 0.444. The number of anilines is 2. The van der Waals surface area contributed by atoms with Gasteiger partial charge >= 0.3 is 0 Å². The van der Waals surface area contributed by atoms with Crippen molar-refractivity contribution in [3.63, 3.8) is 0 Å². The van der Waals surface area contributed by atoms with Gasteiger partial charge in [0.15, 0.2) is 0 Å². The molecule has 2 rings (SSSR count). The molecule has 70 valence electrons. The molecule has 0 atom stereocenters. The van der Waals surface area contributed by atoms with Crippen molar-refractivity contribution in [3.8, 4) is 5.88 Å². The third-order valence-electron chi connectivity index (χ3n) is 2.08. The van der Waals surface area contributed by atoms with E-state index in [1.165, 1.54) is 12.8 Å². The monoisotopic (exact) mass is 179 g/mol. The van der Waals surface area contributed by atoms with E-state index in [9.17, 15) is 0 Å². The number of ether oxygens (including phenoxy) is 1. The van der Waals surface area contributed by atoms with Crippen LogP contribution in [0.1, 0.15) is 12.8 Å². The number of hydrogen-bond acceptors (Lipinski definition) is 4. The minimum absolute atomic E-state index is 0.491. The normalized spacial score (nSPS) is 15.5. The second kappa shape index (κ2) is 3.12. The van der Waals surface area contributed by atoms with Crippen molar-refractivity contribution < 1.29 is 4.74 Å². The third-order valence-corrected chi connectivity index (χ3v) is 2.08. The fourth-order valence-corrected chi connectivity index (χ4v) is 1.19. The van der Waals surface area contributed by atoms with E-state index in [4.69, 9.17) is 10.5 Å². The smallest absolute Gasteiger partial charge is 0.239 e. The average Bonchev–Trinajstić information content (AvgIpc) is 2.92. The molecule has 1 aliphatic carbocycles. The summed E-state index contributed by atoms with van der Waals surface area (Å²) in [5.74, 6) is 0.491. The van der Waals surface area contributed by atoms with Crippen LogP contribution >= 0.6 is 0 Å². The van der Waals surface area contributed by atoms with Crippen LogP contribution in [-0.2, 0) is 0 Å². The molecule has 13 heavy (non-hydrogen) atoms. The molecule has 0 spiro atoms. The molecular formula is C9H13N3O. The maximum Gasteiger partial charge on any atom is 0.239 e. The van der Waals surface area contributed by atoms with Crippen molar-refractivity contribution in [2.75, 3.05) is 18.2 Å². The van der Waals surface area contributed by atoms with Gasteiger partial charge in [-0.3, -0.25) is 0 Å². The zero-order chi connectivity index (χ0) is 9.26. The van der Waals surface area contributed by atoms with Gasteiger partial charge in [0.1, 0.15) is 5.69 Å². The molecule has 1 saturated carbocycles. The van der Waals surface area contributed by atoms with Crippen molar-refractivity contribution in [1.29, 1.82) is 0 Å². The van der Waals surface area contributed by atoms with E-state index in [1.54, 1.807) is 13.3 Å². The predicted octanol–water partition coefficient (Wildman–Crippen LogP) is 1.25. The van der Waals surface area contributed by atoms with E-state index in [1.807, 2.05) is 6.07 Å². The lowest BCUT2D eigenvalue weighted by Crippen LogP contribution is -2.05. The minimum Gasteiger partial charge on any atom is -0.479 e. The molecule has 4 nitrogen and oxygen atoms in total. The largest absolute Gasteiger partial charge is 0.479 e. The highest BCUT2D eigenvalue weighted by molar-refractivity contribution is 5.71. The van der Waals surface area contributed by atoms with Gasteiger partial charge in [0, 0.05) is 12.2 Å². The lowest BCUT2D eigenvalue weighted by Gasteiger charge is -2.09. The van der Waals surface area contributed by atoms with E-state index in [2.05, 4.69) is 10.3 Å². The second-order valence-electron chi connectivity index (χ2n) is 3.20. The molecule has 0 amide bonds. The Bertz CT molecular complexity index is 310. The van der Waals surface area contributed by atoms with E-state index in [0.29, 0.717) is 17.6 Å². The first-order valence-corrected chi connectivity index (χ1v) is 4.36. The van der Waals surface area contributed by atoms with Gasteiger partial charge in [-0.25, -0.2) is 4.98 Å². The Morgan fingerprint density at radius 1 is 1.62 bits per heavy atom. The highest BCUT2D eigenvalue weighted by atomic mass is 16.5. The van der Waals surface area contributed by atoms with E-state index >= 15 is 0 Å². The first-order chi connectivity index (χ1) is 6.31. The van der Waals surface area contributed by atoms with Crippen LogP contribution in [0, 0.1) is 0 Å². The van der Waals surface area contributed by atoms with E-state index < -0.39 is 0 Å². The van der Waals surface area contributed by atoms with Crippen LogP contribution < -0.4 is 15.8 Å². The number of nitrogens with one attached hydrogen (secondary N) is 1. The lowest BCUT2D eigenvalue weighted by atomic mass is 10.3. The minimum atomic E-state index is 0.491. The molecule has 1 fully saturated rings. The van der Waals surface area contributed by atoms with Crippen molar-refractivity contribution in [1.82, 2.24) is 4.98 Å². The van der Waals surface area contributed by atoms with Gasteiger partial charge in [-0.2, -0.15) is 0 Å². The Hall–Kier alpha value is -1.45. The van der Waals surface area contributed by atoms with Gasteiger partial charge in [-0.05, 0) is 18.9 Å². The van der Waals surface area contributed by atoms with Gasteiger partial charge in [0.05, 0.1) is 12.8 Å². The standard InChI is InChI=1S/C9H13N3O/c1-13-9-8(10)7(4-5-11-9)12-6-2-3-6/h4-6H,2-3,10H2,1H3,(H,11,12). The summed E-state index contributed by atoms with van der Waals surface area (Å²) in [5.41, 5.74) is 7.34. The molecule has 0 saturated heterocycles. The van der Waals surface area contributed by atoms with Gasteiger partial charge in [0.2, 0.25) is 5.88 Å². The van der Waals surface area contributed by atoms with Gasteiger partial charge in [0.25, 0.3) is 0 Å². The number of nitrogens with two attached hydrogens (primary N) is 1. The number of nitrogens with zero attached hydrogens (tertiary/aromatic N) is 1. The molecule has 0 bridgehead atoms. The first kappa shape index (κ1) is 8.16. The number of pyridine rings is 1. The van der Waals surface area contributed by atoms with Crippen LogP contribution in [0.2, 0.25) is 0 Å². The second-order valence-corrected chi connectivity index (χ2v) is 3.20. The molecule has 0 unspecified atom stereocenters. The molecule has 0 radical (unpaired) electrons. The predicted molar refractivity (Wildman–Crippen MR) is 51.8 cm³/mol. The quantitative estimate of drug-likeness (QED) is 0.733. The van der Waals surface area contributed by atoms with Gasteiger partial charge in [-0.15, -0.1) is 0 Å². The summed E-state index contributed by atoms with van der Waals surface area (Å²) in [7, 11) is 1.57. The third kappa shape index (κ3) is 1.66. The van der Waals surface area contributed by atoms with Gasteiger partial charge in [-0.1, -0.05) is 0 Å². The van der Waals surface area contributed by atoms with Crippen molar-refractivity contribution in [3.05, 3.63) is 12.3 Å². The zero-order valence-corrected chi connectivity index (χ0v) is 7.58. The van der Waals surface area contributed by atoms with Crippen molar-refractivity contribution in [2.24, 2.45) is 0 Å². The SMILES string of the molecule is COc1nccc(NC2CC2)c1N. The highest BCUT2D eigenvalue weighted by Gasteiger charge is 2.22. The summed E-state index contributed by atoms with van der Waals surface area (Å²) < 4.78 is 5.01. The molecule has 0 aromatic carbocycles. The van der Waals surface area contributed by atoms with Crippen LogP contribution in [0.4, 0.5) is 11.4 Å². The number of aromatic nitrogens is 1. The summed E-state index contributed by atoms with van der Waals surface area (Å²) in [5, 5.41) is 3.31. The highest BCUT2D eigenvalue weighted by Crippen LogP contribution is 2.31. The van der Waals surface area contributed by atoms with Crippen LogP contribution in [0.5, 0.6) is 5.88 Å². The van der Waals surface area contributed by atoms with Crippen molar-refractivity contribution in [2.45, 2.75) is 18.9 Å². The van der Waals surface area contributed by atoms with Crippen LogP contribution in [0.25, 0.3) is 0 Å². The maximum absolute atomic E-state index is 5.82. The number of hydrogen-bond donors (Lipinski definition) is 2. The first-order valence-electron chi connectivity index (χ1n) is 4.36. The van der Waals surface area contributed by atoms with E-state index in [0.717, 1.165) is 5.69 Å². The molecule has 1 heterocycles.